The van der Waals surface area contributed by atoms with E-state index in [1.54, 1.807) is 0 Å². The van der Waals surface area contributed by atoms with Gasteiger partial charge in [-0.2, -0.15) is 0 Å². The average molecular weight is 285 g/mol. The molecule has 2 unspecified atom stereocenters. The maximum absolute atomic E-state index is 11.7. The van der Waals surface area contributed by atoms with E-state index in [9.17, 15) is 4.79 Å². The summed E-state index contributed by atoms with van der Waals surface area (Å²) in [6, 6.07) is 0.521. The van der Waals surface area contributed by atoms with Gasteiger partial charge in [-0.3, -0.25) is 9.69 Å². The van der Waals surface area contributed by atoms with E-state index in [1.165, 1.54) is 0 Å². The van der Waals surface area contributed by atoms with Crippen molar-refractivity contribution in [2.45, 2.75) is 58.0 Å². The second kappa shape index (κ2) is 8.60. The van der Waals surface area contributed by atoms with Gasteiger partial charge in [0.15, 0.2) is 0 Å². The molecule has 0 aromatic heterocycles. The van der Waals surface area contributed by atoms with E-state index >= 15 is 0 Å². The van der Waals surface area contributed by atoms with E-state index in [4.69, 9.17) is 10.5 Å². The number of carbonyl (C=O) groups is 1. The van der Waals surface area contributed by atoms with Crippen molar-refractivity contribution in [3.05, 3.63) is 0 Å². The van der Waals surface area contributed by atoms with Crippen LogP contribution in [0, 0.1) is 0 Å². The topological polar surface area (TPSA) is 67.6 Å². The summed E-state index contributed by atoms with van der Waals surface area (Å²) in [7, 11) is 0. The average Bonchev–Trinajstić information content (AvgIpc) is 2.45. The standard InChI is InChI=1S/C15H31N3O2/c1-4-8-17-15(3,14(16)19)7-6-9-18-10-11-20-12-13(18)5-2/h13,17H,4-12H2,1-3H3,(H2,16,19). The van der Waals surface area contributed by atoms with E-state index < -0.39 is 5.54 Å². The molecule has 0 spiro atoms. The molecular weight excluding hydrogens is 254 g/mol. The molecule has 2 atom stereocenters. The zero-order chi connectivity index (χ0) is 15.0. The van der Waals surface area contributed by atoms with E-state index in [0.717, 1.165) is 58.5 Å². The van der Waals surface area contributed by atoms with Crippen LogP contribution in [-0.2, 0) is 9.53 Å². The fourth-order valence-corrected chi connectivity index (χ4v) is 2.69. The highest BCUT2D eigenvalue weighted by Gasteiger charge is 2.30. The largest absolute Gasteiger partial charge is 0.378 e. The number of nitrogens with zero attached hydrogens (tertiary/aromatic N) is 1. The first-order valence-electron chi connectivity index (χ1n) is 7.90. The van der Waals surface area contributed by atoms with Crippen LogP contribution >= 0.6 is 0 Å². The van der Waals surface area contributed by atoms with Gasteiger partial charge in [0.2, 0.25) is 5.91 Å². The number of ether oxygens (including phenoxy) is 1. The molecule has 1 amide bonds. The number of rotatable bonds is 9. The molecule has 3 N–H and O–H groups in total. The molecule has 0 aromatic rings. The van der Waals surface area contributed by atoms with Crippen LogP contribution in [0.4, 0.5) is 0 Å². The molecule has 1 fully saturated rings. The predicted molar refractivity (Wildman–Crippen MR) is 81.6 cm³/mol. The number of morpholine rings is 1. The number of carbonyl (C=O) groups excluding carboxylic acids is 1. The van der Waals surface area contributed by atoms with Crippen LogP contribution < -0.4 is 11.1 Å². The van der Waals surface area contributed by atoms with Crippen molar-refractivity contribution in [1.29, 1.82) is 0 Å². The van der Waals surface area contributed by atoms with Crippen molar-refractivity contribution >= 4 is 5.91 Å². The summed E-state index contributed by atoms with van der Waals surface area (Å²) in [5.74, 6) is -0.250. The minimum Gasteiger partial charge on any atom is -0.378 e. The van der Waals surface area contributed by atoms with E-state index in [1.807, 2.05) is 6.92 Å². The lowest BCUT2D eigenvalue weighted by molar-refractivity contribution is -0.124. The van der Waals surface area contributed by atoms with Crippen molar-refractivity contribution in [3.63, 3.8) is 0 Å². The van der Waals surface area contributed by atoms with Crippen LogP contribution in [0.2, 0.25) is 0 Å². The van der Waals surface area contributed by atoms with Crippen LogP contribution in [0.5, 0.6) is 0 Å². The third kappa shape index (κ3) is 5.04. The minimum absolute atomic E-state index is 0.250. The van der Waals surface area contributed by atoms with E-state index in [0.29, 0.717) is 6.04 Å². The van der Waals surface area contributed by atoms with E-state index in [-0.39, 0.29) is 5.91 Å². The molecule has 0 aliphatic carbocycles. The first-order chi connectivity index (χ1) is 9.53. The lowest BCUT2D eigenvalue weighted by atomic mass is 9.94. The zero-order valence-corrected chi connectivity index (χ0v) is 13.3. The summed E-state index contributed by atoms with van der Waals surface area (Å²) < 4.78 is 5.51. The van der Waals surface area contributed by atoms with Gasteiger partial charge >= 0.3 is 0 Å². The maximum atomic E-state index is 11.7. The molecule has 0 aromatic carbocycles. The number of nitrogens with one attached hydrogen (secondary N) is 1. The fourth-order valence-electron chi connectivity index (χ4n) is 2.69. The monoisotopic (exact) mass is 285 g/mol. The van der Waals surface area contributed by atoms with Crippen LogP contribution in [0.3, 0.4) is 0 Å². The van der Waals surface area contributed by atoms with Gasteiger partial charge in [-0.1, -0.05) is 13.8 Å². The summed E-state index contributed by atoms with van der Waals surface area (Å²) in [5.41, 5.74) is 4.97. The summed E-state index contributed by atoms with van der Waals surface area (Å²) >= 11 is 0. The summed E-state index contributed by atoms with van der Waals surface area (Å²) in [5, 5.41) is 3.29. The van der Waals surface area contributed by atoms with Crippen molar-refractivity contribution in [2.75, 3.05) is 32.8 Å². The molecule has 5 nitrogen and oxygen atoms in total. The number of nitrogens with two attached hydrogens (primary N) is 1. The Morgan fingerprint density at radius 2 is 2.25 bits per heavy atom. The highest BCUT2D eigenvalue weighted by molar-refractivity contribution is 5.84. The van der Waals surface area contributed by atoms with Crippen LogP contribution in [0.1, 0.15) is 46.5 Å². The van der Waals surface area contributed by atoms with Gasteiger partial charge < -0.3 is 15.8 Å². The Morgan fingerprint density at radius 3 is 2.85 bits per heavy atom. The second-order valence-corrected chi connectivity index (χ2v) is 5.90. The highest BCUT2D eigenvalue weighted by Crippen LogP contribution is 2.16. The van der Waals surface area contributed by atoms with Gasteiger partial charge in [0, 0.05) is 12.6 Å². The Labute approximate surface area is 123 Å². The normalized spacial score (nSPS) is 23.4. The number of amides is 1. The first-order valence-corrected chi connectivity index (χ1v) is 7.90. The Morgan fingerprint density at radius 1 is 1.50 bits per heavy atom. The van der Waals surface area contributed by atoms with Crippen molar-refractivity contribution in [1.82, 2.24) is 10.2 Å². The van der Waals surface area contributed by atoms with Gasteiger partial charge in [0.05, 0.1) is 18.8 Å². The predicted octanol–water partition coefficient (Wildman–Crippen LogP) is 1.12. The molecule has 20 heavy (non-hydrogen) atoms. The smallest absolute Gasteiger partial charge is 0.237 e. The molecule has 1 aliphatic heterocycles. The van der Waals surface area contributed by atoms with Gasteiger partial charge in [-0.05, 0) is 45.7 Å². The van der Waals surface area contributed by atoms with Crippen molar-refractivity contribution in [3.8, 4) is 0 Å². The zero-order valence-electron chi connectivity index (χ0n) is 13.3. The van der Waals surface area contributed by atoms with Gasteiger partial charge in [-0.25, -0.2) is 0 Å². The van der Waals surface area contributed by atoms with Crippen LogP contribution in [0.25, 0.3) is 0 Å². The van der Waals surface area contributed by atoms with Gasteiger partial charge in [0.25, 0.3) is 0 Å². The SMILES string of the molecule is CCCNC(C)(CCCN1CCOCC1CC)C(N)=O. The first kappa shape index (κ1) is 17.4. The van der Waals surface area contributed by atoms with Crippen molar-refractivity contribution in [2.24, 2.45) is 5.73 Å². The maximum Gasteiger partial charge on any atom is 0.237 e. The fraction of sp³-hybridized carbons (Fsp3) is 0.933. The quantitative estimate of drug-likeness (QED) is 0.666. The molecule has 1 rings (SSSR count). The van der Waals surface area contributed by atoms with Gasteiger partial charge in [-0.15, -0.1) is 0 Å². The number of hydrogen-bond donors (Lipinski definition) is 2. The Hall–Kier alpha value is -0.650. The van der Waals surface area contributed by atoms with Crippen LogP contribution in [-0.4, -0.2) is 55.2 Å². The molecule has 1 aliphatic rings. The molecule has 0 saturated carbocycles. The summed E-state index contributed by atoms with van der Waals surface area (Å²) in [6.07, 6.45) is 3.88. The lowest BCUT2D eigenvalue weighted by Crippen LogP contribution is -2.54. The molecule has 1 heterocycles. The number of hydrogen-bond acceptors (Lipinski definition) is 4. The molecule has 5 heteroatoms. The van der Waals surface area contributed by atoms with Crippen molar-refractivity contribution < 1.29 is 9.53 Å². The minimum atomic E-state index is -0.579. The summed E-state index contributed by atoms with van der Waals surface area (Å²) in [4.78, 5) is 14.1. The Kier molecular flexibility index (Phi) is 7.48. The molecule has 0 bridgehead atoms. The van der Waals surface area contributed by atoms with Crippen LogP contribution in [0.15, 0.2) is 0 Å². The molecule has 118 valence electrons. The summed E-state index contributed by atoms with van der Waals surface area (Å²) in [6.45, 7) is 10.7. The van der Waals surface area contributed by atoms with Gasteiger partial charge in [0.1, 0.15) is 0 Å². The molecule has 0 radical (unpaired) electrons. The highest BCUT2D eigenvalue weighted by atomic mass is 16.5. The lowest BCUT2D eigenvalue weighted by Gasteiger charge is -2.36. The Balaban J connectivity index is 2.41. The third-order valence-corrected chi connectivity index (χ3v) is 4.25. The third-order valence-electron chi connectivity index (χ3n) is 4.25. The second-order valence-electron chi connectivity index (χ2n) is 5.90. The Bertz CT molecular complexity index is 299. The number of primary amides is 1. The molecular formula is C15H31N3O2. The molecule has 1 saturated heterocycles. The van der Waals surface area contributed by atoms with E-state index in [2.05, 4.69) is 24.1 Å².